The van der Waals surface area contributed by atoms with Gasteiger partial charge in [-0.2, -0.15) is 0 Å². The minimum atomic E-state index is -0.779. The Balaban J connectivity index is 1.91. The van der Waals surface area contributed by atoms with E-state index in [1.54, 1.807) is 24.7 Å². The third-order valence-electron chi connectivity index (χ3n) is 4.98. The van der Waals surface area contributed by atoms with E-state index in [2.05, 4.69) is 52.0 Å². The van der Waals surface area contributed by atoms with Crippen LogP contribution in [0.1, 0.15) is 30.5 Å². The number of aromatic nitrogens is 3. The molecule has 0 atom stereocenters. The lowest BCUT2D eigenvalue weighted by Gasteiger charge is -2.35. The highest BCUT2D eigenvalue weighted by molar-refractivity contribution is 5.83. The number of rotatable bonds is 6. The van der Waals surface area contributed by atoms with Crippen LogP contribution in [-0.2, 0) is 10.3 Å². The maximum Gasteiger partial charge on any atom is 0.413 e. The first-order chi connectivity index (χ1) is 15.1. The molecule has 0 aliphatic carbocycles. The Labute approximate surface area is 181 Å². The van der Waals surface area contributed by atoms with Crippen molar-refractivity contribution < 1.29 is 9.53 Å². The van der Waals surface area contributed by atoms with Crippen molar-refractivity contribution in [3.05, 3.63) is 114 Å². The monoisotopic (exact) mass is 412 g/mol. The fraction of sp³-hybridized carbons (Fsp3) is 0.160. The van der Waals surface area contributed by atoms with Gasteiger partial charge in [-0.1, -0.05) is 96.2 Å². The van der Waals surface area contributed by atoms with Crippen molar-refractivity contribution in [3.8, 4) is 0 Å². The number of carbonyl (C=O) groups excluding carboxylic acids is 1. The predicted octanol–water partition coefficient (Wildman–Crippen LogP) is 5.08. The Hall–Kier alpha value is -3.93. The van der Waals surface area contributed by atoms with Crippen molar-refractivity contribution in [2.24, 2.45) is 0 Å². The first kappa shape index (κ1) is 20.3. The number of hydrogen-bond acceptors (Lipinski definition) is 4. The Morgan fingerprint density at radius 3 is 1.71 bits per heavy atom. The molecule has 3 aromatic carbocycles. The SMILES string of the molecule is CC(C)OC(=O)Nc1cn(C(c2ccccc2)(c2ccccc2)c2ccccc2)nn1. The minimum Gasteiger partial charge on any atom is -0.447 e. The second kappa shape index (κ2) is 8.83. The molecule has 6 heteroatoms. The van der Waals surface area contributed by atoms with Crippen molar-refractivity contribution in [2.45, 2.75) is 25.5 Å². The zero-order chi connectivity index (χ0) is 21.7. The summed E-state index contributed by atoms with van der Waals surface area (Å²) in [5.74, 6) is 0.317. The number of nitrogens with one attached hydrogen (secondary N) is 1. The average Bonchev–Trinajstić information content (AvgIpc) is 3.24. The van der Waals surface area contributed by atoms with Crippen LogP contribution in [-0.4, -0.2) is 27.2 Å². The molecule has 1 N–H and O–H groups in total. The number of nitrogens with zero attached hydrogens (tertiary/aromatic N) is 3. The lowest BCUT2D eigenvalue weighted by Crippen LogP contribution is -2.38. The number of ether oxygens (including phenoxy) is 1. The summed E-state index contributed by atoms with van der Waals surface area (Å²) in [7, 11) is 0. The van der Waals surface area contributed by atoms with Crippen molar-refractivity contribution in [1.82, 2.24) is 15.0 Å². The van der Waals surface area contributed by atoms with Gasteiger partial charge in [-0.3, -0.25) is 5.32 Å². The van der Waals surface area contributed by atoms with Gasteiger partial charge in [0.25, 0.3) is 0 Å². The van der Waals surface area contributed by atoms with E-state index in [0.29, 0.717) is 5.82 Å². The van der Waals surface area contributed by atoms with Gasteiger partial charge in [0, 0.05) is 0 Å². The average molecular weight is 412 g/mol. The van der Waals surface area contributed by atoms with Gasteiger partial charge < -0.3 is 4.74 Å². The van der Waals surface area contributed by atoms with Gasteiger partial charge in [0.1, 0.15) is 5.54 Å². The minimum absolute atomic E-state index is 0.230. The number of carbonyl (C=O) groups is 1. The summed E-state index contributed by atoms with van der Waals surface area (Å²) >= 11 is 0. The van der Waals surface area contributed by atoms with Gasteiger partial charge in [0.15, 0.2) is 5.82 Å². The van der Waals surface area contributed by atoms with Gasteiger partial charge in [0.2, 0.25) is 0 Å². The van der Waals surface area contributed by atoms with Crippen molar-refractivity contribution in [2.75, 3.05) is 5.32 Å². The highest BCUT2D eigenvalue weighted by atomic mass is 16.6. The van der Waals surface area contributed by atoms with Crippen LogP contribution in [0.15, 0.2) is 97.2 Å². The van der Waals surface area contributed by atoms with E-state index < -0.39 is 11.6 Å². The lowest BCUT2D eigenvalue weighted by molar-refractivity contribution is 0.130. The van der Waals surface area contributed by atoms with Gasteiger partial charge in [0.05, 0.1) is 12.3 Å². The van der Waals surface area contributed by atoms with Gasteiger partial charge >= 0.3 is 6.09 Å². The molecule has 6 nitrogen and oxygen atoms in total. The Kier molecular flexibility index (Phi) is 5.80. The molecular weight excluding hydrogens is 388 g/mol. The predicted molar refractivity (Wildman–Crippen MR) is 120 cm³/mol. The van der Waals surface area contributed by atoms with E-state index in [1.165, 1.54) is 0 Å². The third kappa shape index (κ3) is 4.05. The molecule has 0 spiro atoms. The summed E-state index contributed by atoms with van der Waals surface area (Å²) in [5.41, 5.74) is 2.29. The molecule has 4 rings (SSSR count). The molecule has 0 unspecified atom stereocenters. The number of hydrogen-bond donors (Lipinski definition) is 1. The zero-order valence-electron chi connectivity index (χ0n) is 17.5. The molecule has 0 fully saturated rings. The molecule has 0 saturated heterocycles. The van der Waals surface area contributed by atoms with Crippen molar-refractivity contribution in [3.63, 3.8) is 0 Å². The molecule has 0 bridgehead atoms. The van der Waals surface area contributed by atoms with Crippen LogP contribution in [0.2, 0.25) is 0 Å². The second-order valence-corrected chi connectivity index (χ2v) is 7.44. The normalized spacial score (nSPS) is 11.3. The fourth-order valence-electron chi connectivity index (χ4n) is 3.77. The Morgan fingerprint density at radius 1 is 0.839 bits per heavy atom. The summed E-state index contributed by atoms with van der Waals surface area (Å²) in [6, 6.07) is 30.4. The molecule has 4 aromatic rings. The maximum atomic E-state index is 12.1. The lowest BCUT2D eigenvalue weighted by atomic mass is 9.77. The molecule has 0 aliphatic rings. The topological polar surface area (TPSA) is 69.0 Å². The van der Waals surface area contributed by atoms with Crippen LogP contribution < -0.4 is 5.32 Å². The van der Waals surface area contributed by atoms with Crippen molar-refractivity contribution >= 4 is 11.9 Å². The second-order valence-electron chi connectivity index (χ2n) is 7.44. The van der Waals surface area contributed by atoms with Crippen LogP contribution in [0.3, 0.4) is 0 Å². The largest absolute Gasteiger partial charge is 0.447 e. The zero-order valence-corrected chi connectivity index (χ0v) is 17.5. The Morgan fingerprint density at radius 2 is 1.29 bits per heavy atom. The summed E-state index contributed by atoms with van der Waals surface area (Å²) in [6.45, 7) is 3.59. The molecule has 0 aliphatic heterocycles. The summed E-state index contributed by atoms with van der Waals surface area (Å²) in [4.78, 5) is 12.1. The van der Waals surface area contributed by atoms with Crippen LogP contribution in [0, 0.1) is 0 Å². The quantitative estimate of drug-likeness (QED) is 0.449. The maximum absolute atomic E-state index is 12.1. The molecule has 0 radical (unpaired) electrons. The molecule has 31 heavy (non-hydrogen) atoms. The molecular formula is C25H24N4O2. The fourth-order valence-corrected chi connectivity index (χ4v) is 3.77. The van der Waals surface area contributed by atoms with Gasteiger partial charge in [-0.25, -0.2) is 9.48 Å². The highest BCUT2D eigenvalue weighted by Gasteiger charge is 2.39. The summed E-state index contributed by atoms with van der Waals surface area (Å²) in [5, 5.41) is 11.3. The third-order valence-corrected chi connectivity index (χ3v) is 4.98. The summed E-state index contributed by atoms with van der Waals surface area (Å²) in [6.07, 6.45) is 0.938. The van der Waals surface area contributed by atoms with Crippen LogP contribution in [0.25, 0.3) is 0 Å². The molecule has 1 heterocycles. The smallest absolute Gasteiger partial charge is 0.413 e. The number of benzene rings is 3. The molecule has 1 aromatic heterocycles. The van der Waals surface area contributed by atoms with E-state index >= 15 is 0 Å². The standard InChI is InChI=1S/C25H24N4O2/c1-19(2)31-24(30)26-23-18-29(28-27-23)25(20-12-6-3-7-13-20,21-14-8-4-9-15-21)22-16-10-5-11-17-22/h3-19H,1-2H3,(H,26,30). The van der Waals surface area contributed by atoms with Crippen LogP contribution >= 0.6 is 0 Å². The van der Waals surface area contributed by atoms with Gasteiger partial charge in [-0.05, 0) is 30.5 Å². The van der Waals surface area contributed by atoms with Gasteiger partial charge in [-0.15, -0.1) is 5.10 Å². The van der Waals surface area contributed by atoms with Crippen LogP contribution in [0.5, 0.6) is 0 Å². The van der Waals surface area contributed by atoms with Crippen LogP contribution in [0.4, 0.5) is 10.6 Å². The highest BCUT2D eigenvalue weighted by Crippen LogP contribution is 2.40. The van der Waals surface area contributed by atoms with E-state index in [0.717, 1.165) is 16.7 Å². The number of amides is 1. The first-order valence-corrected chi connectivity index (χ1v) is 10.2. The first-order valence-electron chi connectivity index (χ1n) is 10.2. The number of anilines is 1. The van der Waals surface area contributed by atoms with E-state index in [1.807, 2.05) is 54.6 Å². The van der Waals surface area contributed by atoms with E-state index in [9.17, 15) is 4.79 Å². The summed E-state index contributed by atoms with van der Waals surface area (Å²) < 4.78 is 6.97. The Bertz CT molecular complexity index is 1030. The van der Waals surface area contributed by atoms with E-state index in [-0.39, 0.29) is 6.10 Å². The molecule has 156 valence electrons. The van der Waals surface area contributed by atoms with Crippen molar-refractivity contribution in [1.29, 1.82) is 0 Å². The molecule has 1 amide bonds. The molecule has 0 saturated carbocycles. The van der Waals surface area contributed by atoms with E-state index in [4.69, 9.17) is 4.74 Å².